The van der Waals surface area contributed by atoms with Gasteiger partial charge in [0.1, 0.15) is 8.78 Å². The zero-order valence-electron chi connectivity index (χ0n) is 7.73. The zero-order chi connectivity index (χ0) is 10.9. The van der Waals surface area contributed by atoms with Crippen LogP contribution in [0.4, 0.5) is 0 Å². The minimum absolute atomic E-state index is 0.216. The van der Waals surface area contributed by atoms with Crippen molar-refractivity contribution in [3.63, 3.8) is 0 Å². The number of benzene rings is 1. The van der Waals surface area contributed by atoms with Gasteiger partial charge in [0.25, 0.3) is 0 Å². The molecule has 1 atom stereocenters. The smallest absolute Gasteiger partial charge is 0.189 e. The molecule has 80 valence electrons. The van der Waals surface area contributed by atoms with E-state index in [0.717, 1.165) is 10.6 Å². The fourth-order valence-corrected chi connectivity index (χ4v) is 3.32. The second kappa shape index (κ2) is 4.57. The number of alkyl halides is 2. The Morgan fingerprint density at radius 3 is 2.53 bits per heavy atom. The van der Waals surface area contributed by atoms with E-state index in [1.807, 2.05) is 30.3 Å². The first-order valence-electron chi connectivity index (χ1n) is 4.40. The van der Waals surface area contributed by atoms with Crippen LogP contribution in [0, 0.1) is 0 Å². The van der Waals surface area contributed by atoms with Crippen LogP contribution >= 0.6 is 43.6 Å². The van der Waals surface area contributed by atoms with Crippen LogP contribution in [0.15, 0.2) is 35.3 Å². The molecule has 1 unspecified atom stereocenters. The van der Waals surface area contributed by atoms with Crippen molar-refractivity contribution in [2.45, 2.75) is 9.46 Å². The van der Waals surface area contributed by atoms with Gasteiger partial charge in [-0.2, -0.15) is 0 Å². The summed E-state index contributed by atoms with van der Waals surface area (Å²) in [5.41, 5.74) is 0.00891. The number of hydrogen-bond donors (Lipinski definition) is 1. The Hall–Kier alpha value is 0.160. The summed E-state index contributed by atoms with van der Waals surface area (Å²) >= 11 is 8.18. The molecule has 0 bridgehead atoms. The average molecular weight is 351 g/mol. The molecule has 1 aromatic rings. The van der Waals surface area contributed by atoms with E-state index in [4.69, 9.17) is 0 Å². The van der Waals surface area contributed by atoms with E-state index in [2.05, 4.69) is 36.9 Å². The molecule has 0 amide bonds. The molecule has 2 nitrogen and oxygen atoms in total. The van der Waals surface area contributed by atoms with E-state index in [0.29, 0.717) is 5.75 Å². The van der Waals surface area contributed by atoms with Gasteiger partial charge in [0.15, 0.2) is 5.72 Å². The van der Waals surface area contributed by atoms with Crippen LogP contribution < -0.4 is 0 Å². The van der Waals surface area contributed by atoms with E-state index >= 15 is 0 Å². The molecule has 0 fully saturated rings. The van der Waals surface area contributed by atoms with Gasteiger partial charge < -0.3 is 5.11 Å². The van der Waals surface area contributed by atoms with Gasteiger partial charge in [0, 0.05) is 5.56 Å². The Balaban J connectivity index is 2.28. The summed E-state index contributed by atoms with van der Waals surface area (Å²) in [5, 5.41) is 11.0. The number of rotatable bonds is 2. The Morgan fingerprint density at radius 2 is 2.00 bits per heavy atom. The van der Waals surface area contributed by atoms with Crippen molar-refractivity contribution < 1.29 is 5.11 Å². The molecule has 1 aliphatic heterocycles. The standard InChI is InChI=1S/C10H9Br2NOS/c11-9(12)10(14)6-15-8(13-10)7-4-2-1-3-5-7/h1-5,9,14H,6H2. The summed E-state index contributed by atoms with van der Waals surface area (Å²) in [6, 6.07) is 9.89. The maximum atomic E-state index is 10.1. The van der Waals surface area contributed by atoms with Crippen molar-refractivity contribution in [1.82, 2.24) is 0 Å². The maximum absolute atomic E-state index is 10.1. The van der Waals surface area contributed by atoms with Gasteiger partial charge >= 0.3 is 0 Å². The molecule has 0 radical (unpaired) electrons. The Labute approximate surface area is 109 Å². The van der Waals surface area contributed by atoms with Crippen molar-refractivity contribution in [3.8, 4) is 0 Å². The van der Waals surface area contributed by atoms with Gasteiger partial charge in [0.2, 0.25) is 0 Å². The highest BCUT2D eigenvalue weighted by molar-refractivity contribution is 9.24. The monoisotopic (exact) mass is 349 g/mol. The Morgan fingerprint density at radius 1 is 1.33 bits per heavy atom. The molecular formula is C10H9Br2NOS. The van der Waals surface area contributed by atoms with Crippen LogP contribution in [-0.4, -0.2) is 25.4 Å². The topological polar surface area (TPSA) is 32.6 Å². The fraction of sp³-hybridized carbons (Fsp3) is 0.300. The van der Waals surface area contributed by atoms with Crippen molar-refractivity contribution in [3.05, 3.63) is 35.9 Å². The Bertz CT molecular complexity index is 382. The molecule has 15 heavy (non-hydrogen) atoms. The van der Waals surface area contributed by atoms with Crippen LogP contribution in [0.5, 0.6) is 0 Å². The van der Waals surface area contributed by atoms with Crippen LogP contribution in [-0.2, 0) is 0 Å². The highest BCUT2D eigenvalue weighted by Gasteiger charge is 2.38. The molecule has 0 aromatic heterocycles. The zero-order valence-corrected chi connectivity index (χ0v) is 11.7. The molecule has 0 saturated heterocycles. The minimum Gasteiger partial charge on any atom is -0.367 e. The second-order valence-electron chi connectivity index (χ2n) is 3.25. The summed E-state index contributed by atoms with van der Waals surface area (Å²) in [7, 11) is 0. The predicted molar refractivity (Wildman–Crippen MR) is 72.0 cm³/mol. The highest BCUT2D eigenvalue weighted by Crippen LogP contribution is 2.36. The first-order valence-corrected chi connectivity index (χ1v) is 7.22. The van der Waals surface area contributed by atoms with Gasteiger partial charge in [-0.3, -0.25) is 0 Å². The van der Waals surface area contributed by atoms with Gasteiger partial charge in [-0.25, -0.2) is 4.99 Å². The second-order valence-corrected chi connectivity index (χ2v) is 7.28. The van der Waals surface area contributed by atoms with Crippen LogP contribution in [0.2, 0.25) is 0 Å². The van der Waals surface area contributed by atoms with E-state index in [1.165, 1.54) is 0 Å². The van der Waals surface area contributed by atoms with Crippen molar-refractivity contribution in [2.75, 3.05) is 5.75 Å². The molecule has 0 spiro atoms. The Kier molecular flexibility index (Phi) is 3.55. The first kappa shape index (κ1) is 11.6. The van der Waals surface area contributed by atoms with Gasteiger partial charge in [0.05, 0.1) is 5.75 Å². The van der Waals surface area contributed by atoms with Crippen LogP contribution in [0.25, 0.3) is 0 Å². The third kappa shape index (κ3) is 2.46. The number of aliphatic hydroxyl groups is 1. The summed E-state index contributed by atoms with van der Waals surface area (Å²) in [4.78, 5) is 4.33. The molecule has 0 saturated carbocycles. The van der Waals surface area contributed by atoms with Crippen LogP contribution in [0.3, 0.4) is 0 Å². The number of nitrogens with zero attached hydrogens (tertiary/aromatic N) is 1. The highest BCUT2D eigenvalue weighted by atomic mass is 79.9. The van der Waals surface area contributed by atoms with E-state index in [1.54, 1.807) is 11.8 Å². The quantitative estimate of drug-likeness (QED) is 0.831. The van der Waals surface area contributed by atoms with E-state index < -0.39 is 5.72 Å². The number of halogens is 2. The average Bonchev–Trinajstić information content (AvgIpc) is 2.64. The van der Waals surface area contributed by atoms with E-state index in [-0.39, 0.29) is 3.74 Å². The molecular weight excluding hydrogens is 342 g/mol. The van der Waals surface area contributed by atoms with Crippen molar-refractivity contribution >= 4 is 48.7 Å². The molecule has 5 heteroatoms. The van der Waals surface area contributed by atoms with Crippen molar-refractivity contribution in [2.24, 2.45) is 4.99 Å². The van der Waals surface area contributed by atoms with Gasteiger partial charge in [-0.15, -0.1) is 11.8 Å². The molecule has 0 aliphatic carbocycles. The number of hydrogen-bond acceptors (Lipinski definition) is 3. The first-order chi connectivity index (χ1) is 7.12. The molecule has 2 rings (SSSR count). The maximum Gasteiger partial charge on any atom is 0.189 e. The normalized spacial score (nSPS) is 25.7. The van der Waals surface area contributed by atoms with Gasteiger partial charge in [-0.1, -0.05) is 62.2 Å². The SMILES string of the molecule is OC1(C(Br)Br)CSC(c2ccccc2)=N1. The van der Waals surface area contributed by atoms with Crippen LogP contribution in [0.1, 0.15) is 5.56 Å². The predicted octanol–water partition coefficient (Wildman–Crippen LogP) is 2.98. The van der Waals surface area contributed by atoms with E-state index in [9.17, 15) is 5.11 Å². The summed E-state index contributed by atoms with van der Waals surface area (Å²) in [6.07, 6.45) is 0. The molecule has 1 N–H and O–H groups in total. The summed E-state index contributed by atoms with van der Waals surface area (Å²) in [6.45, 7) is 0. The third-order valence-electron chi connectivity index (χ3n) is 2.09. The third-order valence-corrected chi connectivity index (χ3v) is 4.72. The van der Waals surface area contributed by atoms with Gasteiger partial charge in [-0.05, 0) is 0 Å². The lowest BCUT2D eigenvalue weighted by molar-refractivity contribution is 0.0989. The molecule has 1 aliphatic rings. The number of aliphatic imine (C=N–C) groups is 1. The summed E-state index contributed by atoms with van der Waals surface area (Å²) in [5.74, 6) is 0.568. The summed E-state index contributed by atoms with van der Waals surface area (Å²) < 4.78 is -0.216. The fourth-order valence-electron chi connectivity index (χ4n) is 1.26. The lowest BCUT2D eigenvalue weighted by Crippen LogP contribution is -2.33. The minimum atomic E-state index is -1.05. The lowest BCUT2D eigenvalue weighted by atomic mass is 10.2. The molecule has 1 aromatic carbocycles. The van der Waals surface area contributed by atoms with Crippen molar-refractivity contribution in [1.29, 1.82) is 0 Å². The molecule has 1 heterocycles. The lowest BCUT2D eigenvalue weighted by Gasteiger charge is -2.19. The largest absolute Gasteiger partial charge is 0.367 e. The number of thioether (sulfide) groups is 1.